The monoisotopic (exact) mass is 266 g/mol. The van der Waals surface area contributed by atoms with E-state index in [1.165, 1.54) is 0 Å². The Morgan fingerprint density at radius 3 is 1.94 bits per heavy atom. The molecule has 0 saturated heterocycles. The number of hydrogen-bond donors (Lipinski definition) is 0. The molecule has 0 heterocycles. The van der Waals surface area contributed by atoms with Gasteiger partial charge in [0.15, 0.2) is 0 Å². The number of aryl methyl sites for hydroxylation is 1. The Kier molecular flexibility index (Phi) is 5.60. The van der Waals surface area contributed by atoms with Crippen LogP contribution in [0.2, 0.25) is 0 Å². The third kappa shape index (κ3) is 4.06. The summed E-state index contributed by atoms with van der Waals surface area (Å²) in [5.74, 6) is 0. The predicted molar refractivity (Wildman–Crippen MR) is 44.9 cm³/mol. The van der Waals surface area contributed by atoms with E-state index in [1.54, 1.807) is 0 Å². The van der Waals surface area contributed by atoms with Crippen molar-refractivity contribution in [3.63, 3.8) is 0 Å². The molecule has 0 saturated carbocycles. The molecular formula is C8H6BF6K. The summed E-state index contributed by atoms with van der Waals surface area (Å²) >= 11 is 0. The molecule has 1 aromatic rings. The van der Waals surface area contributed by atoms with Crippen LogP contribution in [0, 0.1) is 6.92 Å². The summed E-state index contributed by atoms with van der Waals surface area (Å²) < 4.78 is 73.3. The van der Waals surface area contributed by atoms with Crippen LogP contribution < -0.4 is 56.8 Å². The molecule has 0 radical (unpaired) electrons. The molecule has 0 atom stereocenters. The van der Waals surface area contributed by atoms with Crippen molar-refractivity contribution >= 4 is 12.4 Å². The van der Waals surface area contributed by atoms with Crippen LogP contribution in [0.3, 0.4) is 0 Å². The predicted octanol–water partition coefficient (Wildman–Crippen LogP) is 0.0722. The fourth-order valence-electron chi connectivity index (χ4n) is 1.15. The number of rotatable bonds is 1. The van der Waals surface area contributed by atoms with E-state index in [1.807, 2.05) is 0 Å². The van der Waals surface area contributed by atoms with Crippen LogP contribution in [0.25, 0.3) is 0 Å². The molecule has 0 aliphatic rings. The average molecular weight is 266 g/mol. The van der Waals surface area contributed by atoms with Gasteiger partial charge in [0.05, 0.1) is 5.56 Å². The molecule has 0 bridgehead atoms. The second-order valence-corrected chi connectivity index (χ2v) is 3.15. The summed E-state index contributed by atoms with van der Waals surface area (Å²) in [7, 11) is 0. The molecule has 1 rings (SSSR count). The van der Waals surface area contributed by atoms with Gasteiger partial charge in [-0.25, -0.2) is 0 Å². The first kappa shape index (κ1) is 16.5. The summed E-state index contributed by atoms with van der Waals surface area (Å²) in [5, 5.41) is 0. The van der Waals surface area contributed by atoms with Crippen LogP contribution in [0.5, 0.6) is 0 Å². The molecule has 8 heteroatoms. The molecule has 0 fully saturated rings. The Balaban J connectivity index is 0.00000225. The zero-order chi connectivity index (χ0) is 11.9. The number of halogens is 6. The fraction of sp³-hybridized carbons (Fsp3) is 0.250. The van der Waals surface area contributed by atoms with Gasteiger partial charge in [-0.05, 0) is 12.5 Å². The van der Waals surface area contributed by atoms with Gasteiger partial charge in [-0.1, -0.05) is 18.2 Å². The second kappa shape index (κ2) is 5.43. The van der Waals surface area contributed by atoms with Crippen molar-refractivity contribution in [1.29, 1.82) is 0 Å². The number of hydrogen-bond acceptors (Lipinski definition) is 0. The zero-order valence-electron chi connectivity index (χ0n) is 8.58. The molecule has 0 N–H and O–H groups in total. The standard InChI is InChI=1S/C8H6BF6.K/c1-5-2-3-6(9(13,14)15)4-7(5)8(10,11)12;/h2-4H,1H3;/q-1;+1. The maximum atomic E-state index is 12.3. The second-order valence-electron chi connectivity index (χ2n) is 3.15. The molecule has 84 valence electrons. The Bertz CT molecular complexity index is 370. The van der Waals surface area contributed by atoms with Crippen molar-refractivity contribution in [2.75, 3.05) is 0 Å². The largest absolute Gasteiger partial charge is 1.00 e. The van der Waals surface area contributed by atoms with Gasteiger partial charge in [-0.15, -0.1) is 5.46 Å². The van der Waals surface area contributed by atoms with Crippen LogP contribution in [-0.2, 0) is 6.18 Å². The third-order valence-electron chi connectivity index (χ3n) is 1.94. The maximum Gasteiger partial charge on any atom is 1.00 e. The van der Waals surface area contributed by atoms with Gasteiger partial charge in [-0.3, -0.25) is 0 Å². The van der Waals surface area contributed by atoms with E-state index < -0.39 is 24.2 Å². The van der Waals surface area contributed by atoms with Crippen LogP contribution in [0.15, 0.2) is 18.2 Å². The number of benzene rings is 1. The first-order chi connectivity index (χ1) is 6.62. The van der Waals surface area contributed by atoms with Gasteiger partial charge in [0.2, 0.25) is 0 Å². The van der Waals surface area contributed by atoms with Crippen molar-refractivity contribution in [2.45, 2.75) is 13.1 Å². The van der Waals surface area contributed by atoms with Crippen LogP contribution >= 0.6 is 0 Å². The van der Waals surface area contributed by atoms with Crippen molar-refractivity contribution in [2.24, 2.45) is 0 Å². The summed E-state index contributed by atoms with van der Waals surface area (Å²) in [6, 6.07) is 1.63. The minimum atomic E-state index is -5.39. The van der Waals surface area contributed by atoms with E-state index in [2.05, 4.69) is 0 Å². The van der Waals surface area contributed by atoms with Crippen molar-refractivity contribution < 1.29 is 77.5 Å². The van der Waals surface area contributed by atoms with Gasteiger partial charge in [-0.2, -0.15) is 13.2 Å². The van der Waals surface area contributed by atoms with Gasteiger partial charge < -0.3 is 12.9 Å². The van der Waals surface area contributed by atoms with Gasteiger partial charge in [0, 0.05) is 0 Å². The normalized spacial score (nSPS) is 12.2. The summed E-state index contributed by atoms with van der Waals surface area (Å²) in [5.41, 5.74) is -2.68. The molecule has 1 aromatic carbocycles. The molecule has 0 nitrogen and oxygen atoms in total. The molecule has 0 aliphatic carbocycles. The van der Waals surface area contributed by atoms with Gasteiger partial charge >= 0.3 is 64.5 Å². The molecule has 0 amide bonds. The van der Waals surface area contributed by atoms with Crippen molar-refractivity contribution in [3.05, 3.63) is 29.3 Å². The molecule has 0 spiro atoms. The molecule has 0 aliphatic heterocycles. The van der Waals surface area contributed by atoms with E-state index in [-0.39, 0.29) is 63.0 Å². The van der Waals surface area contributed by atoms with Crippen LogP contribution in [-0.4, -0.2) is 6.98 Å². The first-order valence-electron chi connectivity index (χ1n) is 4.00. The van der Waals surface area contributed by atoms with Crippen molar-refractivity contribution in [3.8, 4) is 0 Å². The van der Waals surface area contributed by atoms with Gasteiger partial charge in [0.25, 0.3) is 0 Å². The zero-order valence-corrected chi connectivity index (χ0v) is 11.7. The third-order valence-corrected chi connectivity index (χ3v) is 1.94. The topological polar surface area (TPSA) is 0 Å². The fourth-order valence-corrected chi connectivity index (χ4v) is 1.15. The Labute approximate surface area is 131 Å². The van der Waals surface area contributed by atoms with E-state index >= 15 is 0 Å². The average Bonchev–Trinajstić information content (AvgIpc) is 2.00. The quantitative estimate of drug-likeness (QED) is 0.498. The van der Waals surface area contributed by atoms with E-state index in [0.29, 0.717) is 6.07 Å². The molecule has 16 heavy (non-hydrogen) atoms. The number of alkyl halides is 3. The van der Waals surface area contributed by atoms with E-state index in [0.717, 1.165) is 13.0 Å². The smallest absolute Gasteiger partial charge is 0.445 e. The minimum absolute atomic E-state index is 0. The van der Waals surface area contributed by atoms with E-state index in [4.69, 9.17) is 0 Å². The SMILES string of the molecule is Cc1ccc([B-](F)(F)F)cc1C(F)(F)F.[K+]. The van der Waals surface area contributed by atoms with Crippen molar-refractivity contribution in [1.82, 2.24) is 0 Å². The molecular weight excluding hydrogens is 260 g/mol. The Morgan fingerprint density at radius 1 is 1.06 bits per heavy atom. The summed E-state index contributed by atoms with van der Waals surface area (Å²) in [4.78, 5) is 0. The minimum Gasteiger partial charge on any atom is -0.445 e. The Hall–Kier alpha value is 0.501. The first-order valence-corrected chi connectivity index (χ1v) is 4.00. The van der Waals surface area contributed by atoms with Crippen LogP contribution in [0.1, 0.15) is 11.1 Å². The molecule has 0 aromatic heterocycles. The Morgan fingerprint density at radius 2 is 1.56 bits per heavy atom. The summed E-state index contributed by atoms with van der Waals surface area (Å²) in [6.45, 7) is -4.27. The maximum absolute atomic E-state index is 12.3. The molecule has 0 unspecified atom stereocenters. The van der Waals surface area contributed by atoms with Gasteiger partial charge in [0.1, 0.15) is 0 Å². The summed E-state index contributed by atoms with van der Waals surface area (Å²) in [6.07, 6.45) is -4.75. The van der Waals surface area contributed by atoms with Crippen LogP contribution in [0.4, 0.5) is 26.1 Å². The van der Waals surface area contributed by atoms with E-state index in [9.17, 15) is 26.1 Å².